The topological polar surface area (TPSA) is 326 Å². The third kappa shape index (κ3) is 10.1. The van der Waals surface area contributed by atoms with Crippen LogP contribution in [0.4, 0.5) is 10.5 Å². The molecule has 0 saturated heterocycles. The quantitative estimate of drug-likeness (QED) is 0.0606. The van der Waals surface area contributed by atoms with Crippen molar-refractivity contribution in [3.05, 3.63) is 77.3 Å². The predicted octanol–water partition coefficient (Wildman–Crippen LogP) is 4.36. The summed E-state index contributed by atoms with van der Waals surface area (Å²) in [6, 6.07) is 10.5. The Balaban J connectivity index is 1.50. The molecule has 348 valence electrons. The summed E-state index contributed by atoms with van der Waals surface area (Å²) in [6.45, 7) is 8.24. The van der Waals surface area contributed by atoms with Crippen molar-refractivity contribution in [1.82, 2.24) is 15.0 Å². The van der Waals surface area contributed by atoms with Crippen molar-refractivity contribution in [3.8, 4) is 17.2 Å². The molecule has 0 saturated carbocycles. The first-order valence-corrected chi connectivity index (χ1v) is 25.0. The van der Waals surface area contributed by atoms with Crippen molar-refractivity contribution in [2.24, 2.45) is 11.0 Å². The second kappa shape index (κ2) is 16.8. The number of nitrogens with zero attached hydrogens (tertiary/aromatic N) is 5. The highest BCUT2D eigenvalue weighted by atomic mass is 32.2. The van der Waals surface area contributed by atoms with Gasteiger partial charge in [-0.05, 0) is 75.6 Å². The van der Waals surface area contributed by atoms with Gasteiger partial charge in [-0.3, -0.25) is 28.0 Å². The first-order valence-electron chi connectivity index (χ1n) is 19.2. The third-order valence-electron chi connectivity index (χ3n) is 9.62. The molecule has 2 heterocycles. The van der Waals surface area contributed by atoms with Gasteiger partial charge in [0.2, 0.25) is 0 Å². The van der Waals surface area contributed by atoms with E-state index in [4.69, 9.17) is 14.2 Å². The minimum Gasteiger partial charge on any atom is -0.428 e. The number of esters is 1. The summed E-state index contributed by atoms with van der Waals surface area (Å²) in [7, 11) is -20.2. The molecule has 0 radical (unpaired) electrons. The van der Waals surface area contributed by atoms with Crippen molar-refractivity contribution in [2.45, 2.75) is 72.6 Å². The molecule has 0 unspecified atom stereocenters. The maximum absolute atomic E-state index is 13.4. The predicted molar refractivity (Wildman–Crippen MR) is 232 cm³/mol. The molecule has 66 heavy (non-hydrogen) atoms. The minimum absolute atomic E-state index is 0.00550. The van der Waals surface area contributed by atoms with E-state index in [-0.39, 0.29) is 84.9 Å². The van der Waals surface area contributed by atoms with E-state index in [1.165, 1.54) is 47.5 Å². The van der Waals surface area contributed by atoms with Gasteiger partial charge in [0.05, 0.1) is 26.9 Å². The molecular weight excluding hydrogens is 951 g/mol. The first-order chi connectivity index (χ1) is 30.5. The van der Waals surface area contributed by atoms with Crippen LogP contribution >= 0.6 is 0 Å². The third-order valence-corrected chi connectivity index (χ3v) is 13.1. The number of anilines is 1. The van der Waals surface area contributed by atoms with E-state index in [0.717, 1.165) is 16.9 Å². The molecule has 26 heteroatoms. The highest BCUT2D eigenvalue weighted by molar-refractivity contribution is 7.87. The normalized spacial score (nSPS) is 13.6. The summed E-state index contributed by atoms with van der Waals surface area (Å²) >= 11 is 0. The van der Waals surface area contributed by atoms with Gasteiger partial charge in [0.1, 0.15) is 37.8 Å². The molecule has 6 aromatic rings. The van der Waals surface area contributed by atoms with Crippen molar-refractivity contribution >= 4 is 96.6 Å². The van der Waals surface area contributed by atoms with Crippen LogP contribution in [0.3, 0.4) is 0 Å². The van der Waals surface area contributed by atoms with Gasteiger partial charge in [-0.15, -0.1) is 20.7 Å². The van der Waals surface area contributed by atoms with E-state index in [2.05, 4.69) is 21.0 Å². The molecule has 0 fully saturated rings. The van der Waals surface area contributed by atoms with Crippen LogP contribution in [-0.4, -0.2) is 91.1 Å². The summed E-state index contributed by atoms with van der Waals surface area (Å²) in [5.74, 6) is -1.28. The molecular formula is C40H37N5O17S4. The highest BCUT2D eigenvalue weighted by Crippen LogP contribution is 2.40. The minimum atomic E-state index is -5.09. The lowest BCUT2D eigenvalue weighted by molar-refractivity contribution is -0.134. The lowest BCUT2D eigenvalue weighted by atomic mass is 10.1. The Morgan fingerprint density at radius 3 is 1.85 bits per heavy atom. The van der Waals surface area contributed by atoms with E-state index in [9.17, 15) is 61.5 Å². The standard InChI is InChI=1S/C40H37N5O17S4/c1-21(2)8-13-37(46)60-34-19-31(44-14-6-7-24-27-15-22(63(48,49)50)17-35(65(54,55)56)25(27)9-11-29(24)41-44)33(61-39(47)62-40(3,4)5)20-32(34)45-42-30-12-10-26-28(38(30)43-45)16-23(64(51,52)53)18-36(26)66(57,58)59/h6,9-12,15-21H,8,13-14H2,1-5H3,(H,48,49,50)(H,51,52,53)(H,54,55,56)(H,57,58,59). The van der Waals surface area contributed by atoms with Crippen LogP contribution in [0.5, 0.6) is 11.5 Å². The summed E-state index contributed by atoms with van der Waals surface area (Å²) in [5, 5.41) is 14.1. The van der Waals surface area contributed by atoms with Crippen molar-refractivity contribution < 1.29 is 75.7 Å². The fraction of sp³-hybridized carbons (Fsp3) is 0.250. The van der Waals surface area contributed by atoms with E-state index in [1.54, 1.807) is 20.8 Å². The molecule has 22 nitrogen and oxygen atoms in total. The van der Waals surface area contributed by atoms with Crippen LogP contribution in [0.15, 0.2) is 91.4 Å². The number of fused-ring (bicyclic) bond motifs is 6. The molecule has 4 N–H and O–H groups in total. The van der Waals surface area contributed by atoms with E-state index < -0.39 is 77.8 Å². The zero-order valence-corrected chi connectivity index (χ0v) is 38.3. The Labute approximate surface area is 375 Å². The molecule has 0 atom stereocenters. The summed E-state index contributed by atoms with van der Waals surface area (Å²) in [5.41, 5.74) is 1.38. The smallest absolute Gasteiger partial charge is 0.428 e. The van der Waals surface area contributed by atoms with E-state index in [1.807, 2.05) is 13.8 Å². The van der Waals surface area contributed by atoms with Crippen LogP contribution in [0.1, 0.15) is 47.5 Å². The number of hydrogen-bond donors (Lipinski definition) is 4. The molecule has 1 aromatic heterocycles. The number of aromatic nitrogens is 3. The maximum Gasteiger partial charge on any atom is 0.514 e. The summed E-state index contributed by atoms with van der Waals surface area (Å²) < 4.78 is 155. The molecule has 0 bridgehead atoms. The Morgan fingerprint density at radius 1 is 0.712 bits per heavy atom. The number of carbonyl (C=O) groups is 2. The zero-order chi connectivity index (χ0) is 48.5. The van der Waals surface area contributed by atoms with Gasteiger partial charge in [0.25, 0.3) is 40.5 Å². The van der Waals surface area contributed by atoms with Gasteiger partial charge in [-0.25, -0.2) is 4.79 Å². The zero-order valence-electron chi connectivity index (χ0n) is 35.0. The molecule has 5 aromatic carbocycles. The van der Waals surface area contributed by atoms with Gasteiger partial charge < -0.3 is 14.2 Å². The Hall–Kier alpha value is -6.35. The van der Waals surface area contributed by atoms with Gasteiger partial charge in [-0.1, -0.05) is 26.0 Å². The maximum atomic E-state index is 13.4. The highest BCUT2D eigenvalue weighted by Gasteiger charge is 2.28. The molecule has 0 spiro atoms. The average molecular weight is 988 g/mol. The van der Waals surface area contributed by atoms with Crippen LogP contribution in [-0.2, 0) is 50.0 Å². The van der Waals surface area contributed by atoms with Gasteiger partial charge in [0, 0.05) is 40.1 Å². The molecule has 1 aliphatic heterocycles. The fourth-order valence-corrected chi connectivity index (χ4v) is 9.42. The van der Waals surface area contributed by atoms with Crippen LogP contribution < -0.4 is 25.1 Å². The van der Waals surface area contributed by atoms with Crippen LogP contribution in [0.2, 0.25) is 0 Å². The average Bonchev–Trinajstić information content (AvgIpc) is 3.50. The van der Waals surface area contributed by atoms with Gasteiger partial charge in [-0.2, -0.15) is 38.8 Å². The lowest BCUT2D eigenvalue weighted by Crippen LogP contribution is -2.30. The lowest BCUT2D eigenvalue weighted by Gasteiger charge is -2.23. The fourth-order valence-electron chi connectivity index (χ4n) is 6.74. The number of rotatable bonds is 11. The van der Waals surface area contributed by atoms with Gasteiger partial charge >= 0.3 is 12.1 Å². The van der Waals surface area contributed by atoms with E-state index in [0.29, 0.717) is 18.6 Å². The monoisotopic (exact) mass is 987 g/mol. The molecule has 0 amide bonds. The number of hydrogen-bond acceptors (Lipinski definition) is 17. The Morgan fingerprint density at radius 2 is 1.27 bits per heavy atom. The van der Waals surface area contributed by atoms with Crippen molar-refractivity contribution in [3.63, 3.8) is 0 Å². The van der Waals surface area contributed by atoms with Gasteiger partial charge in [0.15, 0.2) is 11.5 Å². The Kier molecular flexibility index (Phi) is 12.1. The number of ether oxygens (including phenoxy) is 3. The molecule has 0 aliphatic carbocycles. The van der Waals surface area contributed by atoms with Crippen LogP contribution in [0.25, 0.3) is 44.0 Å². The second-order valence-corrected chi connectivity index (χ2v) is 21.7. The number of carbonyl (C=O) groups excluding carboxylic acids is 2. The molecule has 7 rings (SSSR count). The SMILES string of the molecule is CC(C)CCC(=O)Oc1cc(N2CC=C=c3c(ccc4c(S(=O)(=O)O)cc(S(=O)(=O)O)cc34)=N2)c(OC(=O)OC(C)(C)C)cc1-n1nc2ccc3c(S(=O)(=O)O)cc(S(=O)(=O)O)cc3c2n1. The summed E-state index contributed by atoms with van der Waals surface area (Å²) in [6.07, 6.45) is 0.474. The van der Waals surface area contributed by atoms with Crippen molar-refractivity contribution in [1.29, 1.82) is 0 Å². The van der Waals surface area contributed by atoms with Crippen LogP contribution in [0, 0.1) is 5.92 Å². The number of benzene rings is 5. The largest absolute Gasteiger partial charge is 0.514 e. The Bertz CT molecular complexity index is 3710. The van der Waals surface area contributed by atoms with E-state index >= 15 is 0 Å². The second-order valence-electron chi connectivity index (χ2n) is 16.1. The first kappa shape index (κ1) is 47.6. The summed E-state index contributed by atoms with van der Waals surface area (Å²) in [4.78, 5) is 24.2. The molecule has 1 aliphatic rings. The van der Waals surface area contributed by atoms with Crippen molar-refractivity contribution in [2.75, 3.05) is 11.6 Å².